The molecule has 0 bridgehead atoms. The Balaban J connectivity index is 2.41. The molecule has 0 aliphatic heterocycles. The molecule has 0 amide bonds. The van der Waals surface area contributed by atoms with Crippen LogP contribution in [0, 0.1) is 0 Å². The van der Waals surface area contributed by atoms with Gasteiger partial charge in [-0.25, -0.2) is 0 Å². The normalized spacial score (nSPS) is 10.0. The highest BCUT2D eigenvalue weighted by atomic mass is 32.1. The highest BCUT2D eigenvalue weighted by Gasteiger charge is 2.05. The fourth-order valence-corrected chi connectivity index (χ4v) is 1.61. The number of aliphatic hydroxyl groups excluding tert-OH is 1. The highest BCUT2D eigenvalue weighted by Crippen LogP contribution is 2.26. The van der Waals surface area contributed by atoms with Gasteiger partial charge < -0.3 is 30.9 Å². The van der Waals surface area contributed by atoms with Crippen molar-refractivity contribution in [3.05, 3.63) is 18.2 Å². The fraction of sp³-hybridized carbons (Fsp3) is 0.417. The maximum absolute atomic E-state index is 8.54. The van der Waals surface area contributed by atoms with Crippen molar-refractivity contribution in [3.63, 3.8) is 0 Å². The smallest absolute Gasteiger partial charge is 0.170 e. The van der Waals surface area contributed by atoms with Crippen LogP contribution in [0.3, 0.4) is 0 Å². The topological polar surface area (TPSA) is 88.8 Å². The van der Waals surface area contributed by atoms with E-state index in [0.717, 1.165) is 0 Å². The molecule has 0 saturated carbocycles. The molecule has 0 aromatic heterocycles. The number of rotatable bonds is 7. The summed E-state index contributed by atoms with van der Waals surface area (Å²) < 4.78 is 10.3. The zero-order chi connectivity index (χ0) is 14.1. The molecule has 0 spiro atoms. The summed E-state index contributed by atoms with van der Waals surface area (Å²) in [7, 11) is 1.58. The van der Waals surface area contributed by atoms with Gasteiger partial charge in [-0.3, -0.25) is 0 Å². The first kappa shape index (κ1) is 15.5. The quantitative estimate of drug-likeness (QED) is 0.331. The van der Waals surface area contributed by atoms with Gasteiger partial charge >= 0.3 is 0 Å². The second-order valence-corrected chi connectivity index (χ2v) is 4.08. The predicted octanol–water partition coefficient (Wildman–Crippen LogP) is 0.573. The van der Waals surface area contributed by atoms with Crippen LogP contribution in [0.15, 0.2) is 18.2 Å². The Morgan fingerprint density at radius 2 is 2.21 bits per heavy atom. The van der Waals surface area contributed by atoms with Gasteiger partial charge in [0.15, 0.2) is 5.11 Å². The van der Waals surface area contributed by atoms with E-state index in [1.54, 1.807) is 25.3 Å². The molecule has 5 N–H and O–H groups in total. The van der Waals surface area contributed by atoms with Gasteiger partial charge in [0.25, 0.3) is 0 Å². The van der Waals surface area contributed by atoms with E-state index in [-0.39, 0.29) is 6.61 Å². The maximum atomic E-state index is 8.54. The van der Waals surface area contributed by atoms with E-state index in [0.29, 0.717) is 42.0 Å². The van der Waals surface area contributed by atoms with E-state index in [1.807, 2.05) is 0 Å². The Morgan fingerprint density at radius 3 is 2.89 bits per heavy atom. The van der Waals surface area contributed by atoms with Crippen LogP contribution in [0.25, 0.3) is 0 Å². The molecule has 7 heteroatoms. The first-order valence-electron chi connectivity index (χ1n) is 5.84. The third-order valence-corrected chi connectivity index (χ3v) is 2.49. The van der Waals surface area contributed by atoms with Crippen LogP contribution >= 0.6 is 12.2 Å². The highest BCUT2D eigenvalue weighted by molar-refractivity contribution is 7.80. The average molecular weight is 285 g/mol. The minimum absolute atomic E-state index is 0.0171. The molecule has 0 aliphatic carbocycles. The molecule has 0 aliphatic rings. The van der Waals surface area contributed by atoms with Gasteiger partial charge in [0.1, 0.15) is 5.75 Å². The van der Waals surface area contributed by atoms with E-state index in [2.05, 4.69) is 10.6 Å². The van der Waals surface area contributed by atoms with Crippen LogP contribution in [0.4, 0.5) is 11.4 Å². The Labute approximate surface area is 117 Å². The number of aliphatic hydroxyl groups is 1. The van der Waals surface area contributed by atoms with Crippen LogP contribution in [-0.4, -0.2) is 43.7 Å². The average Bonchev–Trinajstić information content (AvgIpc) is 2.39. The van der Waals surface area contributed by atoms with Crippen molar-refractivity contribution in [3.8, 4) is 5.75 Å². The minimum Gasteiger partial charge on any atom is -0.495 e. The standard InChI is InChI=1S/C12H19N3O3S/c1-17-11-3-2-9(13)8-10(11)15-12(19)14-4-6-18-7-5-16/h2-3,8,16H,4-7,13H2,1H3,(H2,14,15,19). The second kappa shape index (κ2) is 8.52. The number of ether oxygens (including phenoxy) is 2. The minimum atomic E-state index is 0.0171. The molecule has 0 saturated heterocycles. The summed E-state index contributed by atoms with van der Waals surface area (Å²) in [6.45, 7) is 1.36. The lowest BCUT2D eigenvalue weighted by molar-refractivity contribution is 0.0959. The van der Waals surface area contributed by atoms with E-state index in [9.17, 15) is 0 Å². The molecule has 19 heavy (non-hydrogen) atoms. The first-order valence-corrected chi connectivity index (χ1v) is 6.25. The number of benzene rings is 1. The monoisotopic (exact) mass is 285 g/mol. The molecule has 0 unspecified atom stereocenters. The van der Waals surface area contributed by atoms with Gasteiger partial charge in [0, 0.05) is 12.2 Å². The molecule has 6 nitrogen and oxygen atoms in total. The van der Waals surface area contributed by atoms with Gasteiger partial charge in [0.2, 0.25) is 0 Å². The summed E-state index contributed by atoms with van der Waals surface area (Å²) in [6.07, 6.45) is 0. The third kappa shape index (κ3) is 5.73. The molecule has 1 aromatic rings. The van der Waals surface area contributed by atoms with E-state index in [4.69, 9.17) is 32.5 Å². The van der Waals surface area contributed by atoms with Crippen molar-refractivity contribution in [2.75, 3.05) is 44.5 Å². The van der Waals surface area contributed by atoms with E-state index in [1.165, 1.54) is 0 Å². The van der Waals surface area contributed by atoms with E-state index < -0.39 is 0 Å². The number of anilines is 2. The zero-order valence-electron chi connectivity index (χ0n) is 10.8. The molecule has 0 fully saturated rings. The molecule has 1 rings (SSSR count). The Kier molecular flexibility index (Phi) is 6.94. The van der Waals surface area contributed by atoms with Crippen molar-refractivity contribution >= 4 is 28.7 Å². The summed E-state index contributed by atoms with van der Waals surface area (Å²) in [5.74, 6) is 0.662. The number of nitrogens with one attached hydrogen (secondary N) is 2. The number of thiocarbonyl (C=S) groups is 1. The summed E-state index contributed by atoms with van der Waals surface area (Å²) in [6, 6.07) is 5.27. The summed E-state index contributed by atoms with van der Waals surface area (Å²) in [4.78, 5) is 0. The number of methoxy groups -OCH3 is 1. The molecular formula is C12H19N3O3S. The maximum Gasteiger partial charge on any atom is 0.170 e. The lowest BCUT2D eigenvalue weighted by atomic mass is 10.2. The molecular weight excluding hydrogens is 266 g/mol. The van der Waals surface area contributed by atoms with Crippen LogP contribution in [0.2, 0.25) is 0 Å². The molecule has 1 aromatic carbocycles. The summed E-state index contributed by atoms with van der Waals surface area (Å²) in [5, 5.41) is 15.0. The summed E-state index contributed by atoms with van der Waals surface area (Å²) in [5.41, 5.74) is 7.04. The van der Waals surface area contributed by atoms with E-state index >= 15 is 0 Å². The number of nitrogens with two attached hydrogens (primary N) is 1. The number of hydrogen-bond donors (Lipinski definition) is 4. The number of hydrogen-bond acceptors (Lipinski definition) is 5. The largest absolute Gasteiger partial charge is 0.495 e. The van der Waals surface area contributed by atoms with Gasteiger partial charge in [-0.05, 0) is 30.4 Å². The van der Waals surface area contributed by atoms with Gasteiger partial charge in [-0.2, -0.15) is 0 Å². The molecule has 0 radical (unpaired) electrons. The molecule has 106 valence electrons. The number of nitrogen functional groups attached to an aromatic ring is 1. The Hall–Kier alpha value is -1.57. The Bertz CT molecular complexity index is 415. The molecule has 0 atom stereocenters. The fourth-order valence-electron chi connectivity index (χ4n) is 1.39. The van der Waals surface area contributed by atoms with Crippen LogP contribution < -0.4 is 21.1 Å². The van der Waals surface area contributed by atoms with Crippen LogP contribution in [0.1, 0.15) is 0 Å². The van der Waals surface area contributed by atoms with Crippen molar-refractivity contribution in [2.24, 2.45) is 0 Å². The lowest BCUT2D eigenvalue weighted by Gasteiger charge is -2.14. The van der Waals surface area contributed by atoms with Gasteiger partial charge in [-0.1, -0.05) is 0 Å². The first-order chi connectivity index (χ1) is 9.17. The second-order valence-electron chi connectivity index (χ2n) is 3.68. The van der Waals surface area contributed by atoms with Crippen LogP contribution in [0.5, 0.6) is 5.75 Å². The predicted molar refractivity (Wildman–Crippen MR) is 79.5 cm³/mol. The van der Waals surface area contributed by atoms with Crippen molar-refractivity contribution < 1.29 is 14.6 Å². The van der Waals surface area contributed by atoms with Crippen molar-refractivity contribution in [1.29, 1.82) is 0 Å². The van der Waals surface area contributed by atoms with Crippen molar-refractivity contribution in [2.45, 2.75) is 0 Å². The summed E-state index contributed by atoms with van der Waals surface area (Å²) >= 11 is 5.14. The molecule has 0 heterocycles. The SMILES string of the molecule is COc1ccc(N)cc1NC(=S)NCCOCCO. The lowest BCUT2D eigenvalue weighted by Crippen LogP contribution is -2.31. The van der Waals surface area contributed by atoms with Crippen molar-refractivity contribution in [1.82, 2.24) is 5.32 Å². The van der Waals surface area contributed by atoms with Gasteiger partial charge in [0.05, 0.1) is 32.6 Å². The van der Waals surface area contributed by atoms with Crippen LogP contribution in [-0.2, 0) is 4.74 Å². The van der Waals surface area contributed by atoms with Gasteiger partial charge in [-0.15, -0.1) is 0 Å². The third-order valence-electron chi connectivity index (χ3n) is 2.24. The Morgan fingerprint density at radius 1 is 1.42 bits per heavy atom. The zero-order valence-corrected chi connectivity index (χ0v) is 11.6.